The van der Waals surface area contributed by atoms with Crippen LogP contribution in [0.15, 0.2) is 52.4 Å². The molecule has 0 N–H and O–H groups in total. The van der Waals surface area contributed by atoms with Gasteiger partial charge >= 0.3 is 5.97 Å². The molecule has 10 nitrogen and oxygen atoms in total. The number of hydrogen-bond acceptors (Lipinski definition) is 8. The molecular weight excluding hydrogens is 506 g/mol. The zero-order valence-electron chi connectivity index (χ0n) is 20.6. The fourth-order valence-electron chi connectivity index (χ4n) is 3.42. The first kappa shape index (κ1) is 27.7. The number of fused-ring (bicyclic) bond motifs is 1. The van der Waals surface area contributed by atoms with Gasteiger partial charge in [0.1, 0.15) is 6.54 Å². The second kappa shape index (κ2) is 12.4. The van der Waals surface area contributed by atoms with Crippen LogP contribution in [0.1, 0.15) is 15.9 Å². The van der Waals surface area contributed by atoms with Crippen molar-refractivity contribution in [2.75, 3.05) is 47.6 Å². The Hall–Kier alpha value is -2.90. The molecule has 0 saturated carbocycles. The van der Waals surface area contributed by atoms with Gasteiger partial charge in [-0.05, 0) is 48.9 Å². The van der Waals surface area contributed by atoms with Crippen LogP contribution in [0.2, 0.25) is 0 Å². The summed E-state index contributed by atoms with van der Waals surface area (Å²) in [4.78, 5) is 29.6. The maximum Gasteiger partial charge on any atom is 0.325 e. The van der Waals surface area contributed by atoms with Crippen molar-refractivity contribution in [3.05, 3.63) is 58.4 Å². The number of thiazole rings is 1. The van der Waals surface area contributed by atoms with Crippen molar-refractivity contribution in [2.45, 2.75) is 18.4 Å². The number of carbonyl (C=O) groups is 2. The molecule has 0 aliphatic carbocycles. The molecule has 0 bridgehead atoms. The van der Waals surface area contributed by atoms with Crippen LogP contribution in [-0.4, -0.2) is 76.8 Å². The zero-order valence-corrected chi connectivity index (χ0v) is 22.2. The van der Waals surface area contributed by atoms with Crippen molar-refractivity contribution in [1.82, 2.24) is 8.87 Å². The molecule has 0 saturated heterocycles. The maximum atomic E-state index is 13.1. The highest BCUT2D eigenvalue weighted by Crippen LogP contribution is 2.20. The van der Waals surface area contributed by atoms with E-state index in [1.165, 1.54) is 61.2 Å². The number of hydrogen-bond donors (Lipinski definition) is 0. The van der Waals surface area contributed by atoms with Crippen LogP contribution >= 0.6 is 11.3 Å². The number of rotatable bonds is 11. The molecule has 0 radical (unpaired) electrons. The van der Waals surface area contributed by atoms with E-state index in [0.717, 1.165) is 15.8 Å². The van der Waals surface area contributed by atoms with Crippen molar-refractivity contribution in [3.8, 4) is 0 Å². The number of ether oxygens (including phenoxy) is 3. The van der Waals surface area contributed by atoms with Crippen molar-refractivity contribution < 1.29 is 32.2 Å². The minimum absolute atomic E-state index is 0.0457. The van der Waals surface area contributed by atoms with E-state index in [0.29, 0.717) is 4.80 Å². The van der Waals surface area contributed by atoms with Crippen LogP contribution in [0, 0.1) is 6.92 Å². The Balaban J connectivity index is 1.93. The average Bonchev–Trinajstić information content (AvgIpc) is 3.19. The van der Waals surface area contributed by atoms with Crippen LogP contribution in [-0.2, 0) is 35.6 Å². The van der Waals surface area contributed by atoms with E-state index in [-0.39, 0.29) is 43.3 Å². The minimum atomic E-state index is -3.81. The molecule has 0 atom stereocenters. The van der Waals surface area contributed by atoms with E-state index >= 15 is 0 Å². The third-order valence-corrected chi connectivity index (χ3v) is 8.33. The number of aryl methyl sites for hydroxylation is 1. The molecule has 1 amide bonds. The molecule has 0 unspecified atom stereocenters. The first-order valence-electron chi connectivity index (χ1n) is 11.0. The van der Waals surface area contributed by atoms with E-state index in [1.807, 2.05) is 25.1 Å². The second-order valence-corrected chi connectivity index (χ2v) is 10.8. The predicted molar refractivity (Wildman–Crippen MR) is 135 cm³/mol. The number of sulfonamides is 1. The SMILES string of the molecule is COCCN(CCOC)S(=O)(=O)c1ccc(C(=O)N=c2sc3cc(C)ccc3n2CC(=O)OC)cc1. The number of benzene rings is 2. The summed E-state index contributed by atoms with van der Waals surface area (Å²) in [5.41, 5.74) is 2.01. The summed E-state index contributed by atoms with van der Waals surface area (Å²) in [7, 11) is 0.478. The van der Waals surface area contributed by atoms with Gasteiger partial charge in [-0.1, -0.05) is 17.4 Å². The summed E-state index contributed by atoms with van der Waals surface area (Å²) in [5, 5.41) is 0. The van der Waals surface area contributed by atoms with Gasteiger partial charge in [-0.2, -0.15) is 9.30 Å². The Morgan fingerprint density at radius 2 is 1.64 bits per heavy atom. The molecule has 2 aromatic carbocycles. The monoisotopic (exact) mass is 535 g/mol. The lowest BCUT2D eigenvalue weighted by molar-refractivity contribution is -0.141. The van der Waals surface area contributed by atoms with Gasteiger partial charge in [0.05, 0.1) is 35.4 Å². The first-order valence-corrected chi connectivity index (χ1v) is 13.3. The molecule has 0 fully saturated rings. The highest BCUT2D eigenvalue weighted by Gasteiger charge is 2.24. The van der Waals surface area contributed by atoms with Crippen LogP contribution in [0.3, 0.4) is 0 Å². The lowest BCUT2D eigenvalue weighted by atomic mass is 10.2. The van der Waals surface area contributed by atoms with E-state index in [2.05, 4.69) is 4.99 Å². The van der Waals surface area contributed by atoms with E-state index in [1.54, 1.807) is 4.57 Å². The standard InChI is InChI=1S/C24H29N3O7S2/c1-17-5-10-20-21(15-17)35-24(27(20)16-22(28)34-4)25-23(29)18-6-8-19(9-7-18)36(30,31)26(11-13-32-2)12-14-33-3/h5-10,15H,11-14,16H2,1-4H3. The summed E-state index contributed by atoms with van der Waals surface area (Å²) in [6.45, 7) is 2.67. The van der Waals surface area contributed by atoms with Gasteiger partial charge < -0.3 is 18.8 Å². The largest absolute Gasteiger partial charge is 0.468 e. The van der Waals surface area contributed by atoms with E-state index in [4.69, 9.17) is 14.2 Å². The molecule has 12 heteroatoms. The molecule has 3 rings (SSSR count). The molecule has 36 heavy (non-hydrogen) atoms. The van der Waals surface area contributed by atoms with Gasteiger partial charge in [-0.3, -0.25) is 9.59 Å². The summed E-state index contributed by atoms with van der Waals surface area (Å²) >= 11 is 1.28. The minimum Gasteiger partial charge on any atom is -0.468 e. The van der Waals surface area contributed by atoms with Crippen molar-refractivity contribution in [2.24, 2.45) is 4.99 Å². The maximum absolute atomic E-state index is 13.1. The van der Waals surface area contributed by atoms with E-state index < -0.39 is 21.9 Å². The van der Waals surface area contributed by atoms with Gasteiger partial charge in [0.25, 0.3) is 5.91 Å². The Morgan fingerprint density at radius 1 is 1.00 bits per heavy atom. The summed E-state index contributed by atoms with van der Waals surface area (Å²) in [6.07, 6.45) is 0. The zero-order chi connectivity index (χ0) is 26.3. The highest BCUT2D eigenvalue weighted by atomic mass is 32.2. The molecule has 194 valence electrons. The fourth-order valence-corrected chi connectivity index (χ4v) is 5.95. The average molecular weight is 536 g/mol. The molecule has 1 heterocycles. The number of esters is 1. The van der Waals surface area contributed by atoms with Crippen molar-refractivity contribution in [1.29, 1.82) is 0 Å². The normalized spacial score (nSPS) is 12.4. The lowest BCUT2D eigenvalue weighted by Crippen LogP contribution is -2.36. The molecule has 0 spiro atoms. The van der Waals surface area contributed by atoms with Crippen LogP contribution in [0.4, 0.5) is 0 Å². The molecular formula is C24H29N3O7S2. The molecule has 0 aliphatic heterocycles. The number of methoxy groups -OCH3 is 3. The fraction of sp³-hybridized carbons (Fsp3) is 0.375. The number of aromatic nitrogens is 1. The highest BCUT2D eigenvalue weighted by molar-refractivity contribution is 7.89. The molecule has 1 aromatic heterocycles. The van der Waals surface area contributed by atoms with Gasteiger partial charge in [0.15, 0.2) is 4.80 Å². The number of carbonyl (C=O) groups excluding carboxylic acids is 2. The van der Waals surface area contributed by atoms with Gasteiger partial charge in [0.2, 0.25) is 10.0 Å². The summed E-state index contributed by atoms with van der Waals surface area (Å²) < 4.78 is 44.8. The molecule has 3 aromatic rings. The summed E-state index contributed by atoms with van der Waals surface area (Å²) in [5.74, 6) is -1.03. The first-order chi connectivity index (χ1) is 17.2. The Morgan fingerprint density at radius 3 is 2.22 bits per heavy atom. The van der Waals surface area contributed by atoms with Crippen LogP contribution in [0.5, 0.6) is 0 Å². The van der Waals surface area contributed by atoms with Gasteiger partial charge in [0, 0.05) is 32.9 Å². The van der Waals surface area contributed by atoms with Crippen molar-refractivity contribution in [3.63, 3.8) is 0 Å². The smallest absolute Gasteiger partial charge is 0.325 e. The Labute approximate surface area is 213 Å². The summed E-state index contributed by atoms with van der Waals surface area (Å²) in [6, 6.07) is 11.3. The Kier molecular flexibility index (Phi) is 9.51. The van der Waals surface area contributed by atoms with E-state index in [9.17, 15) is 18.0 Å². The Bertz CT molecular complexity index is 1390. The van der Waals surface area contributed by atoms with Crippen LogP contribution in [0.25, 0.3) is 10.2 Å². The second-order valence-electron chi connectivity index (χ2n) is 7.85. The van der Waals surface area contributed by atoms with Gasteiger partial charge in [-0.15, -0.1) is 0 Å². The lowest BCUT2D eigenvalue weighted by Gasteiger charge is -2.21. The number of nitrogens with zero attached hydrogens (tertiary/aromatic N) is 3. The third-order valence-electron chi connectivity index (χ3n) is 5.38. The molecule has 0 aliphatic rings. The quantitative estimate of drug-likeness (QED) is 0.346. The third kappa shape index (κ3) is 6.45. The van der Waals surface area contributed by atoms with Crippen molar-refractivity contribution >= 4 is 43.5 Å². The van der Waals surface area contributed by atoms with Crippen LogP contribution < -0.4 is 4.80 Å². The van der Waals surface area contributed by atoms with Gasteiger partial charge in [-0.25, -0.2) is 8.42 Å². The number of amides is 1. The topological polar surface area (TPSA) is 116 Å². The predicted octanol–water partition coefficient (Wildman–Crippen LogP) is 2.21.